The van der Waals surface area contributed by atoms with Gasteiger partial charge in [0, 0.05) is 17.7 Å². The fourth-order valence-corrected chi connectivity index (χ4v) is 2.54. The van der Waals surface area contributed by atoms with Gasteiger partial charge in [0.25, 0.3) is 0 Å². The lowest BCUT2D eigenvalue weighted by Crippen LogP contribution is -2.43. The van der Waals surface area contributed by atoms with Gasteiger partial charge in [-0.25, -0.2) is 9.18 Å². The second-order valence-electron chi connectivity index (χ2n) is 6.43. The summed E-state index contributed by atoms with van der Waals surface area (Å²) >= 11 is 0. The number of carbonyl (C=O) groups is 2. The Bertz CT molecular complexity index is 621. The van der Waals surface area contributed by atoms with Gasteiger partial charge in [0.1, 0.15) is 11.9 Å². The molecule has 2 N–H and O–H groups in total. The number of aliphatic hydroxyl groups excluding tert-OH is 1. The van der Waals surface area contributed by atoms with Crippen LogP contribution in [-0.2, 0) is 9.53 Å². The topological polar surface area (TPSA) is 78.9 Å². The Balaban J connectivity index is 2.08. The molecule has 0 bridgehead atoms. The Morgan fingerprint density at radius 3 is 2.83 bits per heavy atom. The number of nitrogens with zero attached hydrogens (tertiary/aromatic N) is 1. The molecule has 1 heterocycles. The molecule has 1 aliphatic heterocycles. The molecule has 1 fully saturated rings. The fourth-order valence-electron chi connectivity index (χ4n) is 2.54. The van der Waals surface area contributed by atoms with Crippen molar-refractivity contribution >= 4 is 17.7 Å². The van der Waals surface area contributed by atoms with E-state index in [1.54, 1.807) is 13.0 Å². The number of β-amino-alcohol motifs (C(OH)–C–C–N with tert-alkyl or cyclic N) is 1. The van der Waals surface area contributed by atoms with Crippen LogP contribution in [0, 0.1) is 18.7 Å². The largest absolute Gasteiger partial charge is 0.449 e. The number of halogens is 1. The number of anilines is 1. The van der Waals surface area contributed by atoms with E-state index in [-0.39, 0.29) is 25.5 Å². The molecule has 1 aromatic rings. The van der Waals surface area contributed by atoms with Gasteiger partial charge in [0.2, 0.25) is 5.91 Å². The normalized spacial score (nSPS) is 20.3. The van der Waals surface area contributed by atoms with Crippen LogP contribution in [-0.4, -0.2) is 47.3 Å². The van der Waals surface area contributed by atoms with Crippen LogP contribution >= 0.6 is 0 Å². The van der Waals surface area contributed by atoms with Gasteiger partial charge in [-0.2, -0.15) is 0 Å². The van der Waals surface area contributed by atoms with Gasteiger partial charge >= 0.3 is 6.09 Å². The van der Waals surface area contributed by atoms with Crippen LogP contribution in [0.4, 0.5) is 14.9 Å². The van der Waals surface area contributed by atoms with Crippen molar-refractivity contribution in [1.82, 2.24) is 4.90 Å². The molecule has 132 valence electrons. The van der Waals surface area contributed by atoms with Gasteiger partial charge in [-0.1, -0.05) is 19.9 Å². The summed E-state index contributed by atoms with van der Waals surface area (Å²) in [7, 11) is 0. The van der Waals surface area contributed by atoms with E-state index in [4.69, 9.17) is 4.74 Å². The molecule has 0 aromatic heterocycles. The highest BCUT2D eigenvalue weighted by Gasteiger charge is 2.40. The average Bonchev–Trinajstić information content (AvgIpc) is 2.91. The lowest BCUT2D eigenvalue weighted by Gasteiger charge is -2.23. The number of hydrogen-bond donors (Lipinski definition) is 2. The van der Waals surface area contributed by atoms with Gasteiger partial charge in [0.15, 0.2) is 0 Å². The molecule has 6 nitrogen and oxygen atoms in total. The second-order valence-corrected chi connectivity index (χ2v) is 6.43. The first-order chi connectivity index (χ1) is 11.3. The van der Waals surface area contributed by atoms with Crippen LogP contribution in [0.5, 0.6) is 0 Å². The van der Waals surface area contributed by atoms with Crippen molar-refractivity contribution in [3.8, 4) is 0 Å². The van der Waals surface area contributed by atoms with Crippen LogP contribution in [0.15, 0.2) is 18.2 Å². The summed E-state index contributed by atoms with van der Waals surface area (Å²) in [6.07, 6.45) is -1.30. The van der Waals surface area contributed by atoms with Crippen molar-refractivity contribution in [2.45, 2.75) is 39.3 Å². The number of benzene rings is 1. The van der Waals surface area contributed by atoms with Crippen LogP contribution in [0.25, 0.3) is 0 Å². The molecule has 24 heavy (non-hydrogen) atoms. The Labute approximate surface area is 140 Å². The highest BCUT2D eigenvalue weighted by Crippen LogP contribution is 2.23. The molecule has 1 saturated heterocycles. The summed E-state index contributed by atoms with van der Waals surface area (Å²) in [5.74, 6) is -0.724. The molecule has 2 atom stereocenters. The van der Waals surface area contributed by atoms with Gasteiger partial charge in [0.05, 0.1) is 19.3 Å². The zero-order chi connectivity index (χ0) is 17.9. The fraction of sp³-hybridized carbons (Fsp3) is 0.529. The molecule has 2 unspecified atom stereocenters. The van der Waals surface area contributed by atoms with E-state index in [0.29, 0.717) is 11.3 Å². The first-order valence-corrected chi connectivity index (χ1v) is 7.97. The number of aliphatic hydroxyl groups is 1. The molecular weight excluding hydrogens is 315 g/mol. The number of amides is 2. The zero-order valence-corrected chi connectivity index (χ0v) is 14.1. The van der Waals surface area contributed by atoms with Gasteiger partial charge in [-0.15, -0.1) is 0 Å². The maximum absolute atomic E-state index is 13.6. The van der Waals surface area contributed by atoms with E-state index in [1.807, 2.05) is 13.8 Å². The first-order valence-electron chi connectivity index (χ1n) is 7.97. The van der Waals surface area contributed by atoms with Crippen LogP contribution < -0.4 is 5.32 Å². The molecule has 1 aliphatic rings. The molecule has 1 aromatic carbocycles. The number of rotatable bonds is 4. The molecule has 0 aliphatic carbocycles. The predicted octanol–water partition coefficient (Wildman–Crippen LogP) is 2.30. The zero-order valence-electron chi connectivity index (χ0n) is 14.1. The van der Waals surface area contributed by atoms with Crippen molar-refractivity contribution in [1.29, 1.82) is 0 Å². The van der Waals surface area contributed by atoms with Gasteiger partial charge in [-0.05, 0) is 25.0 Å². The third kappa shape index (κ3) is 4.23. The Kier molecular flexibility index (Phi) is 5.77. The minimum atomic E-state index is -0.845. The van der Waals surface area contributed by atoms with E-state index in [0.717, 1.165) is 0 Å². The highest BCUT2D eigenvalue weighted by atomic mass is 19.1. The summed E-state index contributed by atoms with van der Waals surface area (Å²) in [6, 6.07) is 3.54. The van der Waals surface area contributed by atoms with E-state index in [2.05, 4.69) is 5.32 Å². The maximum atomic E-state index is 13.6. The molecule has 7 heteroatoms. The predicted molar refractivity (Wildman–Crippen MR) is 87.1 cm³/mol. The maximum Gasteiger partial charge on any atom is 0.410 e. The third-order valence-electron chi connectivity index (χ3n) is 3.88. The molecular formula is C17H23FN2O4. The van der Waals surface area contributed by atoms with Crippen molar-refractivity contribution in [2.75, 3.05) is 18.5 Å². The minimum absolute atomic E-state index is 0.0388. The molecule has 2 rings (SSSR count). The molecule has 0 spiro atoms. The van der Waals surface area contributed by atoms with Crippen LogP contribution in [0.1, 0.15) is 25.8 Å². The standard InChI is InChI=1S/C17H23FN2O4/c1-10(2)9-24-17(23)20-8-12(21)7-15(20)16(22)19-14-6-4-5-13(18)11(14)3/h4-6,10,12,15,21H,7-9H2,1-3H3,(H,19,22). The SMILES string of the molecule is Cc1c(F)cccc1NC(=O)C1CC(O)CN1C(=O)OCC(C)C. The van der Waals surface area contributed by atoms with E-state index >= 15 is 0 Å². The number of nitrogens with one attached hydrogen (secondary N) is 1. The summed E-state index contributed by atoms with van der Waals surface area (Å²) in [4.78, 5) is 25.8. The van der Waals surface area contributed by atoms with Crippen LogP contribution in [0.2, 0.25) is 0 Å². The highest BCUT2D eigenvalue weighted by molar-refractivity contribution is 5.97. The van der Waals surface area contributed by atoms with Gasteiger partial charge < -0.3 is 15.2 Å². The molecule has 0 radical (unpaired) electrons. The van der Waals surface area contributed by atoms with E-state index < -0.39 is 30.0 Å². The minimum Gasteiger partial charge on any atom is -0.449 e. The van der Waals surface area contributed by atoms with E-state index in [1.165, 1.54) is 17.0 Å². The third-order valence-corrected chi connectivity index (χ3v) is 3.88. The average molecular weight is 338 g/mol. The second kappa shape index (κ2) is 7.61. The Hall–Kier alpha value is -2.15. The summed E-state index contributed by atoms with van der Waals surface area (Å²) < 4.78 is 18.7. The van der Waals surface area contributed by atoms with E-state index in [9.17, 15) is 19.1 Å². The monoisotopic (exact) mass is 338 g/mol. The molecule has 2 amide bonds. The lowest BCUT2D eigenvalue weighted by atomic mass is 10.1. The summed E-state index contributed by atoms with van der Waals surface area (Å²) in [6.45, 7) is 5.65. The van der Waals surface area contributed by atoms with Crippen molar-refractivity contribution in [2.24, 2.45) is 5.92 Å². The van der Waals surface area contributed by atoms with Crippen molar-refractivity contribution < 1.29 is 23.8 Å². The van der Waals surface area contributed by atoms with Crippen LogP contribution in [0.3, 0.4) is 0 Å². The number of carbonyl (C=O) groups excluding carboxylic acids is 2. The Morgan fingerprint density at radius 1 is 1.46 bits per heavy atom. The quantitative estimate of drug-likeness (QED) is 0.883. The number of ether oxygens (including phenoxy) is 1. The van der Waals surface area contributed by atoms with Crippen molar-refractivity contribution in [3.63, 3.8) is 0 Å². The Morgan fingerprint density at radius 2 is 2.17 bits per heavy atom. The first kappa shape index (κ1) is 18.2. The molecule has 0 saturated carbocycles. The lowest BCUT2D eigenvalue weighted by molar-refractivity contribution is -0.120. The summed E-state index contributed by atoms with van der Waals surface area (Å²) in [5.41, 5.74) is 0.662. The van der Waals surface area contributed by atoms with Crippen molar-refractivity contribution in [3.05, 3.63) is 29.6 Å². The smallest absolute Gasteiger partial charge is 0.410 e. The number of likely N-dealkylation sites (tertiary alicyclic amines) is 1. The number of hydrogen-bond acceptors (Lipinski definition) is 4. The summed E-state index contributed by atoms with van der Waals surface area (Å²) in [5, 5.41) is 12.4. The van der Waals surface area contributed by atoms with Gasteiger partial charge in [-0.3, -0.25) is 9.69 Å².